The van der Waals surface area contributed by atoms with Crippen molar-refractivity contribution in [1.82, 2.24) is 19.3 Å². The van der Waals surface area contributed by atoms with Crippen molar-refractivity contribution in [3.05, 3.63) is 30.0 Å². The van der Waals surface area contributed by atoms with Crippen LogP contribution in [0.15, 0.2) is 18.5 Å². The van der Waals surface area contributed by atoms with E-state index in [1.807, 2.05) is 23.1 Å². The van der Waals surface area contributed by atoms with Crippen molar-refractivity contribution in [2.45, 2.75) is 58.5 Å². The third-order valence-electron chi connectivity index (χ3n) is 3.84. The maximum absolute atomic E-state index is 12.1. The van der Waals surface area contributed by atoms with E-state index in [0.29, 0.717) is 12.2 Å². The first-order valence-corrected chi connectivity index (χ1v) is 7.83. The minimum Gasteiger partial charge on any atom is -0.335 e. The summed E-state index contributed by atoms with van der Waals surface area (Å²) in [6.07, 6.45) is 7.57. The fourth-order valence-corrected chi connectivity index (χ4v) is 2.67. The number of hydrogen-bond acceptors (Lipinski definition) is 3. The zero-order chi connectivity index (χ0) is 15.7. The Morgan fingerprint density at radius 1 is 1.36 bits per heavy atom. The molecule has 6 heteroatoms. The number of hydrogen-bond donors (Lipinski definition) is 1. The van der Waals surface area contributed by atoms with Crippen LogP contribution in [0.25, 0.3) is 0 Å². The summed E-state index contributed by atoms with van der Waals surface area (Å²) in [5.74, 6) is 1.62. The van der Waals surface area contributed by atoms with Gasteiger partial charge in [-0.05, 0) is 33.6 Å². The van der Waals surface area contributed by atoms with Gasteiger partial charge in [0, 0.05) is 31.4 Å². The molecule has 0 bridgehead atoms. The van der Waals surface area contributed by atoms with Crippen molar-refractivity contribution < 1.29 is 4.79 Å². The maximum atomic E-state index is 12.1. The van der Waals surface area contributed by atoms with Gasteiger partial charge in [-0.3, -0.25) is 9.48 Å². The van der Waals surface area contributed by atoms with E-state index >= 15 is 0 Å². The molecule has 0 fully saturated rings. The molecule has 0 aliphatic carbocycles. The minimum atomic E-state index is -0.0914. The SMILES string of the molecule is CC(C)(C)n1ccc(NC(=O)Cc2cn3c(n2)CCCC3)n1. The fourth-order valence-electron chi connectivity index (χ4n) is 2.67. The molecular formula is C16H23N5O. The Balaban J connectivity index is 1.63. The Kier molecular flexibility index (Phi) is 3.76. The van der Waals surface area contributed by atoms with Crippen LogP contribution in [0, 0.1) is 0 Å². The molecule has 22 heavy (non-hydrogen) atoms. The first kappa shape index (κ1) is 14.8. The van der Waals surface area contributed by atoms with Gasteiger partial charge in [0.05, 0.1) is 17.7 Å². The molecular weight excluding hydrogens is 278 g/mol. The van der Waals surface area contributed by atoms with Gasteiger partial charge in [-0.2, -0.15) is 5.10 Å². The molecule has 0 saturated heterocycles. The Bertz CT molecular complexity index is 654. The lowest BCUT2D eigenvalue weighted by Gasteiger charge is -2.18. The standard InChI is InChI=1S/C16H23N5O/c1-16(2,3)21-9-7-13(19-21)18-15(22)10-12-11-20-8-5-4-6-14(20)17-12/h7,9,11H,4-6,8,10H2,1-3H3,(H,18,19,22). The Morgan fingerprint density at radius 3 is 2.86 bits per heavy atom. The van der Waals surface area contributed by atoms with E-state index in [9.17, 15) is 4.79 Å². The highest BCUT2D eigenvalue weighted by Crippen LogP contribution is 2.16. The number of aryl methyl sites for hydroxylation is 2. The summed E-state index contributed by atoms with van der Waals surface area (Å²) in [5.41, 5.74) is 0.746. The maximum Gasteiger partial charge on any atom is 0.231 e. The van der Waals surface area contributed by atoms with E-state index in [0.717, 1.165) is 24.5 Å². The normalized spacial score (nSPS) is 14.7. The molecule has 0 atom stereocenters. The van der Waals surface area contributed by atoms with Crippen LogP contribution < -0.4 is 5.32 Å². The third-order valence-corrected chi connectivity index (χ3v) is 3.84. The zero-order valence-electron chi connectivity index (χ0n) is 13.5. The van der Waals surface area contributed by atoms with Crippen LogP contribution in [-0.4, -0.2) is 25.2 Å². The second-order valence-corrected chi connectivity index (χ2v) is 6.84. The van der Waals surface area contributed by atoms with Gasteiger partial charge in [-0.15, -0.1) is 0 Å². The summed E-state index contributed by atoms with van der Waals surface area (Å²) in [4.78, 5) is 16.7. The Morgan fingerprint density at radius 2 is 2.18 bits per heavy atom. The highest BCUT2D eigenvalue weighted by Gasteiger charge is 2.17. The summed E-state index contributed by atoms with van der Waals surface area (Å²) in [6, 6.07) is 1.82. The molecule has 118 valence electrons. The van der Waals surface area contributed by atoms with Gasteiger partial charge in [-0.1, -0.05) is 0 Å². The predicted octanol–water partition coefficient (Wildman–Crippen LogP) is 2.35. The number of amides is 1. The summed E-state index contributed by atoms with van der Waals surface area (Å²) in [7, 11) is 0. The van der Waals surface area contributed by atoms with Gasteiger partial charge < -0.3 is 9.88 Å². The molecule has 6 nitrogen and oxygen atoms in total. The van der Waals surface area contributed by atoms with Gasteiger partial charge in [0.2, 0.25) is 5.91 Å². The fraction of sp³-hybridized carbons (Fsp3) is 0.562. The largest absolute Gasteiger partial charge is 0.335 e. The number of fused-ring (bicyclic) bond motifs is 1. The number of carbonyl (C=O) groups excluding carboxylic acids is 1. The van der Waals surface area contributed by atoms with Crippen molar-refractivity contribution >= 4 is 11.7 Å². The summed E-state index contributed by atoms with van der Waals surface area (Å²) in [5, 5.41) is 7.23. The number of nitrogens with zero attached hydrogens (tertiary/aromatic N) is 4. The monoisotopic (exact) mass is 301 g/mol. The van der Waals surface area contributed by atoms with Crippen molar-refractivity contribution in [2.75, 3.05) is 5.32 Å². The average molecular weight is 301 g/mol. The molecule has 3 heterocycles. The Labute approximate surface area is 130 Å². The van der Waals surface area contributed by atoms with E-state index in [-0.39, 0.29) is 11.4 Å². The molecule has 0 unspecified atom stereocenters. The van der Waals surface area contributed by atoms with E-state index in [2.05, 4.69) is 40.7 Å². The molecule has 1 aliphatic rings. The number of carbonyl (C=O) groups is 1. The molecule has 2 aromatic heterocycles. The van der Waals surface area contributed by atoms with Gasteiger partial charge >= 0.3 is 0 Å². The summed E-state index contributed by atoms with van der Waals surface area (Å²) in [6.45, 7) is 7.23. The molecule has 0 aromatic carbocycles. The minimum absolute atomic E-state index is 0.0744. The van der Waals surface area contributed by atoms with E-state index in [1.165, 1.54) is 12.8 Å². The number of anilines is 1. The smallest absolute Gasteiger partial charge is 0.231 e. The molecule has 1 aliphatic heterocycles. The van der Waals surface area contributed by atoms with Gasteiger partial charge in [0.15, 0.2) is 5.82 Å². The lowest BCUT2D eigenvalue weighted by Crippen LogP contribution is -2.23. The molecule has 2 aromatic rings. The number of imidazole rings is 1. The lowest BCUT2D eigenvalue weighted by atomic mass is 10.1. The van der Waals surface area contributed by atoms with Crippen molar-refractivity contribution in [2.24, 2.45) is 0 Å². The van der Waals surface area contributed by atoms with Crippen molar-refractivity contribution in [3.8, 4) is 0 Å². The molecule has 1 N–H and O–H groups in total. The number of aromatic nitrogens is 4. The second kappa shape index (κ2) is 5.59. The second-order valence-electron chi connectivity index (χ2n) is 6.84. The van der Waals surface area contributed by atoms with Gasteiger partial charge in [0.25, 0.3) is 0 Å². The average Bonchev–Trinajstić information content (AvgIpc) is 3.03. The first-order chi connectivity index (χ1) is 10.4. The highest BCUT2D eigenvalue weighted by molar-refractivity contribution is 5.91. The first-order valence-electron chi connectivity index (χ1n) is 7.83. The van der Waals surface area contributed by atoms with Crippen LogP contribution in [0.4, 0.5) is 5.82 Å². The molecule has 1 amide bonds. The topological polar surface area (TPSA) is 64.7 Å². The molecule has 0 radical (unpaired) electrons. The number of rotatable bonds is 3. The van der Waals surface area contributed by atoms with Crippen LogP contribution >= 0.6 is 0 Å². The van der Waals surface area contributed by atoms with Gasteiger partial charge in [-0.25, -0.2) is 4.98 Å². The van der Waals surface area contributed by atoms with Crippen molar-refractivity contribution in [3.63, 3.8) is 0 Å². The van der Waals surface area contributed by atoms with Crippen molar-refractivity contribution in [1.29, 1.82) is 0 Å². The van der Waals surface area contributed by atoms with Crippen LogP contribution in [0.2, 0.25) is 0 Å². The van der Waals surface area contributed by atoms with Crippen LogP contribution in [0.5, 0.6) is 0 Å². The van der Waals surface area contributed by atoms with E-state index in [4.69, 9.17) is 0 Å². The molecule has 0 spiro atoms. The summed E-state index contributed by atoms with van der Waals surface area (Å²) < 4.78 is 4.01. The summed E-state index contributed by atoms with van der Waals surface area (Å²) >= 11 is 0. The van der Waals surface area contributed by atoms with Crippen LogP contribution in [-0.2, 0) is 29.7 Å². The highest BCUT2D eigenvalue weighted by atomic mass is 16.1. The van der Waals surface area contributed by atoms with Crippen LogP contribution in [0.1, 0.15) is 45.1 Å². The molecule has 0 saturated carbocycles. The predicted molar refractivity (Wildman–Crippen MR) is 84.7 cm³/mol. The van der Waals surface area contributed by atoms with E-state index < -0.39 is 0 Å². The molecule has 3 rings (SSSR count). The zero-order valence-corrected chi connectivity index (χ0v) is 13.5. The third kappa shape index (κ3) is 3.21. The van der Waals surface area contributed by atoms with E-state index in [1.54, 1.807) is 0 Å². The lowest BCUT2D eigenvalue weighted by molar-refractivity contribution is -0.115. The quantitative estimate of drug-likeness (QED) is 0.946. The van der Waals surface area contributed by atoms with Crippen LogP contribution in [0.3, 0.4) is 0 Å². The Hall–Kier alpha value is -2.11. The van der Waals surface area contributed by atoms with Gasteiger partial charge in [0.1, 0.15) is 5.82 Å². The number of nitrogens with one attached hydrogen (secondary N) is 1.